The van der Waals surface area contributed by atoms with Gasteiger partial charge >= 0.3 is 0 Å². The molecule has 1 aromatic heterocycles. The van der Waals surface area contributed by atoms with E-state index in [0.717, 1.165) is 53.7 Å². The minimum atomic E-state index is -0.00569. The fourth-order valence-electron chi connectivity index (χ4n) is 4.36. The molecule has 0 unspecified atom stereocenters. The molecule has 0 spiro atoms. The predicted octanol–water partition coefficient (Wildman–Crippen LogP) is 6.48. The average molecular weight is 540 g/mol. The van der Waals surface area contributed by atoms with Crippen molar-refractivity contribution in [2.75, 3.05) is 20.8 Å². The third-order valence-corrected chi connectivity index (χ3v) is 6.88. The van der Waals surface area contributed by atoms with Gasteiger partial charge in [-0.15, -0.1) is 0 Å². The number of nitrogens with zero attached hydrogens (tertiary/aromatic N) is 2. The zero-order valence-electron chi connectivity index (χ0n) is 21.1. The number of carbonyl (C=O) groups excluding carboxylic acids is 1. The summed E-state index contributed by atoms with van der Waals surface area (Å²) in [5.41, 5.74) is 3.96. The number of imidazole rings is 1. The first-order valence-electron chi connectivity index (χ1n) is 12.3. The molecule has 0 bridgehead atoms. The fourth-order valence-corrected chi connectivity index (χ4v) is 4.83. The van der Waals surface area contributed by atoms with Crippen LogP contribution in [0.15, 0.2) is 60.7 Å². The molecule has 6 nitrogen and oxygen atoms in total. The van der Waals surface area contributed by atoms with Crippen LogP contribution >= 0.6 is 23.2 Å². The average Bonchev–Trinajstić information content (AvgIpc) is 3.24. The number of benzene rings is 3. The number of fused-ring (bicyclic) bond motifs is 1. The zero-order valence-corrected chi connectivity index (χ0v) is 22.6. The summed E-state index contributed by atoms with van der Waals surface area (Å²) >= 11 is 12.5. The van der Waals surface area contributed by atoms with E-state index in [0.29, 0.717) is 41.1 Å². The number of para-hydroxylation sites is 2. The van der Waals surface area contributed by atoms with E-state index in [-0.39, 0.29) is 5.91 Å². The Balaban J connectivity index is 1.28. The number of nitrogens with one attached hydrogen (secondary N) is 1. The number of amides is 1. The molecule has 0 fully saturated rings. The second kappa shape index (κ2) is 12.8. The van der Waals surface area contributed by atoms with Crippen molar-refractivity contribution in [3.05, 3.63) is 87.7 Å². The van der Waals surface area contributed by atoms with Crippen molar-refractivity contribution in [2.24, 2.45) is 0 Å². The lowest BCUT2D eigenvalue weighted by Crippen LogP contribution is -2.26. The van der Waals surface area contributed by atoms with Crippen molar-refractivity contribution in [2.45, 2.75) is 38.6 Å². The summed E-state index contributed by atoms with van der Waals surface area (Å²) in [6.07, 6.45) is 4.02. The van der Waals surface area contributed by atoms with E-state index in [4.69, 9.17) is 37.7 Å². The molecule has 8 heteroatoms. The van der Waals surface area contributed by atoms with Gasteiger partial charge in [-0.3, -0.25) is 4.79 Å². The predicted molar refractivity (Wildman–Crippen MR) is 149 cm³/mol. The summed E-state index contributed by atoms with van der Waals surface area (Å²) in [5, 5.41) is 4.29. The highest BCUT2D eigenvalue weighted by molar-refractivity contribution is 6.35. The Bertz CT molecular complexity index is 1370. The van der Waals surface area contributed by atoms with Crippen molar-refractivity contribution in [3.63, 3.8) is 0 Å². The number of hydrogen-bond donors (Lipinski definition) is 1. The first-order chi connectivity index (χ1) is 18.0. The van der Waals surface area contributed by atoms with Gasteiger partial charge in [0.1, 0.15) is 5.82 Å². The first kappa shape index (κ1) is 26.8. The summed E-state index contributed by atoms with van der Waals surface area (Å²) < 4.78 is 12.8. The standard InChI is InChI=1S/C29H31Cl2N3O3/c1-36-26-14-11-20(16-27(26)37-2)17-29(35)32-15-7-3-4-10-28-33-24-8-5-6-9-25(24)34(28)19-21-12-13-22(30)18-23(21)31/h5-6,8-9,11-14,16,18H,3-4,7,10,15,17,19H2,1-2H3,(H,32,35). The number of aromatic nitrogens is 2. The highest BCUT2D eigenvalue weighted by Gasteiger charge is 2.13. The highest BCUT2D eigenvalue weighted by Crippen LogP contribution is 2.28. The van der Waals surface area contributed by atoms with E-state index in [1.54, 1.807) is 20.3 Å². The van der Waals surface area contributed by atoms with Gasteiger partial charge < -0.3 is 19.4 Å². The van der Waals surface area contributed by atoms with E-state index in [1.807, 2.05) is 48.5 Å². The van der Waals surface area contributed by atoms with Crippen LogP contribution in [0.4, 0.5) is 0 Å². The van der Waals surface area contributed by atoms with Gasteiger partial charge in [0.15, 0.2) is 11.5 Å². The van der Waals surface area contributed by atoms with Crippen LogP contribution in [0.5, 0.6) is 11.5 Å². The van der Waals surface area contributed by atoms with Crippen LogP contribution in [0.3, 0.4) is 0 Å². The van der Waals surface area contributed by atoms with Crippen LogP contribution in [-0.4, -0.2) is 36.2 Å². The number of carbonyl (C=O) groups is 1. The molecular weight excluding hydrogens is 509 g/mol. The van der Waals surface area contributed by atoms with Crippen molar-refractivity contribution < 1.29 is 14.3 Å². The number of rotatable bonds is 12. The summed E-state index contributed by atoms with van der Waals surface area (Å²) in [6.45, 7) is 1.28. The molecule has 0 aliphatic rings. The molecule has 194 valence electrons. The Morgan fingerprint density at radius 1 is 0.946 bits per heavy atom. The molecule has 37 heavy (non-hydrogen) atoms. The van der Waals surface area contributed by atoms with Crippen molar-refractivity contribution in [1.82, 2.24) is 14.9 Å². The molecular formula is C29H31Cl2N3O3. The summed E-state index contributed by atoms with van der Waals surface area (Å²) in [7, 11) is 3.18. The molecule has 0 aliphatic heterocycles. The Hall–Kier alpha value is -3.22. The number of aryl methyl sites for hydroxylation is 1. The second-order valence-electron chi connectivity index (χ2n) is 8.87. The molecule has 4 rings (SSSR count). The molecule has 1 heterocycles. The molecule has 4 aromatic rings. The molecule has 0 atom stereocenters. The van der Waals surface area contributed by atoms with Crippen molar-refractivity contribution in [1.29, 1.82) is 0 Å². The third-order valence-electron chi connectivity index (χ3n) is 6.29. The van der Waals surface area contributed by atoms with Gasteiger partial charge in [-0.2, -0.15) is 0 Å². The van der Waals surface area contributed by atoms with Crippen LogP contribution in [-0.2, 0) is 24.2 Å². The van der Waals surface area contributed by atoms with E-state index < -0.39 is 0 Å². The lowest BCUT2D eigenvalue weighted by Gasteiger charge is -2.11. The maximum absolute atomic E-state index is 12.4. The summed E-state index contributed by atoms with van der Waals surface area (Å²) in [6, 6.07) is 19.3. The maximum atomic E-state index is 12.4. The lowest BCUT2D eigenvalue weighted by atomic mass is 10.1. The van der Waals surface area contributed by atoms with Crippen LogP contribution in [0.25, 0.3) is 11.0 Å². The van der Waals surface area contributed by atoms with E-state index in [2.05, 4.69) is 16.0 Å². The highest BCUT2D eigenvalue weighted by atomic mass is 35.5. The molecule has 0 saturated heterocycles. The SMILES string of the molecule is COc1ccc(CC(=O)NCCCCCc2nc3ccccc3n2Cc2ccc(Cl)cc2Cl)cc1OC. The summed E-state index contributed by atoms with van der Waals surface area (Å²) in [5.74, 6) is 2.30. The van der Waals surface area contributed by atoms with Crippen molar-refractivity contribution >= 4 is 40.1 Å². The van der Waals surface area contributed by atoms with Gasteiger partial charge in [0.05, 0.1) is 38.2 Å². The van der Waals surface area contributed by atoms with E-state index in [1.165, 1.54) is 0 Å². The minimum Gasteiger partial charge on any atom is -0.493 e. The van der Waals surface area contributed by atoms with Gasteiger partial charge in [0.2, 0.25) is 5.91 Å². The number of methoxy groups -OCH3 is 2. The molecule has 1 N–H and O–H groups in total. The zero-order chi connectivity index (χ0) is 26.2. The molecule has 0 radical (unpaired) electrons. The van der Waals surface area contributed by atoms with Crippen LogP contribution in [0.2, 0.25) is 10.0 Å². The summed E-state index contributed by atoms with van der Waals surface area (Å²) in [4.78, 5) is 17.3. The van der Waals surface area contributed by atoms with Crippen molar-refractivity contribution in [3.8, 4) is 11.5 Å². The van der Waals surface area contributed by atoms with E-state index >= 15 is 0 Å². The number of hydrogen-bond acceptors (Lipinski definition) is 4. The topological polar surface area (TPSA) is 65.4 Å². The van der Waals surface area contributed by atoms with Crippen LogP contribution in [0.1, 0.15) is 36.2 Å². The molecule has 1 amide bonds. The Morgan fingerprint density at radius 2 is 1.76 bits per heavy atom. The van der Waals surface area contributed by atoms with Gasteiger partial charge in [-0.05, 0) is 60.4 Å². The smallest absolute Gasteiger partial charge is 0.224 e. The minimum absolute atomic E-state index is 0.00569. The Morgan fingerprint density at radius 3 is 2.54 bits per heavy atom. The Kier molecular flexibility index (Phi) is 9.31. The molecule has 0 saturated carbocycles. The number of halogens is 2. The first-order valence-corrected chi connectivity index (χ1v) is 13.1. The second-order valence-corrected chi connectivity index (χ2v) is 9.71. The number of unbranched alkanes of at least 4 members (excludes halogenated alkanes) is 2. The van der Waals surface area contributed by atoms with Crippen LogP contribution in [0, 0.1) is 0 Å². The lowest BCUT2D eigenvalue weighted by molar-refractivity contribution is -0.120. The van der Waals surface area contributed by atoms with Crippen LogP contribution < -0.4 is 14.8 Å². The van der Waals surface area contributed by atoms with E-state index in [9.17, 15) is 4.79 Å². The maximum Gasteiger partial charge on any atom is 0.224 e. The van der Waals surface area contributed by atoms with Gasteiger partial charge in [-0.25, -0.2) is 4.98 Å². The normalized spacial score (nSPS) is 11.0. The molecule has 3 aromatic carbocycles. The number of ether oxygens (including phenoxy) is 2. The Labute approximate surface area is 227 Å². The third kappa shape index (κ3) is 6.96. The molecule has 0 aliphatic carbocycles. The fraction of sp³-hybridized carbons (Fsp3) is 0.310. The largest absolute Gasteiger partial charge is 0.493 e. The van der Waals surface area contributed by atoms with Gasteiger partial charge in [0.25, 0.3) is 0 Å². The monoisotopic (exact) mass is 539 g/mol. The van der Waals surface area contributed by atoms with Gasteiger partial charge in [-0.1, -0.05) is 53.9 Å². The van der Waals surface area contributed by atoms with Gasteiger partial charge in [0, 0.05) is 23.0 Å². The quantitative estimate of drug-likeness (QED) is 0.209.